The van der Waals surface area contributed by atoms with Crippen LogP contribution in [0.25, 0.3) is 12.2 Å². The third-order valence-electron chi connectivity index (χ3n) is 6.43. The molecular formula is C26H26N2O2S. The van der Waals surface area contributed by atoms with E-state index in [-0.39, 0.29) is 18.0 Å². The molecule has 3 atom stereocenters. The van der Waals surface area contributed by atoms with Crippen LogP contribution < -0.4 is 5.32 Å². The van der Waals surface area contributed by atoms with Crippen LogP contribution in [0, 0.1) is 6.92 Å². The highest BCUT2D eigenvalue weighted by Crippen LogP contribution is 2.46. The van der Waals surface area contributed by atoms with Gasteiger partial charge in [0.25, 0.3) is 0 Å². The maximum absolute atomic E-state index is 13.4. The van der Waals surface area contributed by atoms with Crippen LogP contribution in [0.2, 0.25) is 0 Å². The summed E-state index contributed by atoms with van der Waals surface area (Å²) in [5, 5.41) is 3.38. The summed E-state index contributed by atoms with van der Waals surface area (Å²) < 4.78 is 28.5. The Bertz CT molecular complexity index is 1190. The minimum absolute atomic E-state index is 0.0472. The predicted octanol–water partition coefficient (Wildman–Crippen LogP) is 4.29. The van der Waals surface area contributed by atoms with Gasteiger partial charge in [-0.1, -0.05) is 84.9 Å². The molecule has 0 aromatic heterocycles. The van der Waals surface area contributed by atoms with Gasteiger partial charge in [0.1, 0.15) is 0 Å². The summed E-state index contributed by atoms with van der Waals surface area (Å²) >= 11 is 0. The molecule has 2 heterocycles. The molecule has 3 aromatic carbocycles. The zero-order valence-electron chi connectivity index (χ0n) is 17.5. The molecule has 3 aromatic rings. The Morgan fingerprint density at radius 1 is 0.806 bits per heavy atom. The fourth-order valence-electron chi connectivity index (χ4n) is 4.88. The smallest absolute Gasteiger partial charge is 0.243 e. The molecule has 158 valence electrons. The van der Waals surface area contributed by atoms with Crippen LogP contribution in [0.4, 0.5) is 0 Å². The fraction of sp³-hybridized carbons (Fsp3) is 0.231. The molecule has 2 bridgehead atoms. The first-order valence-electron chi connectivity index (χ1n) is 10.7. The minimum atomic E-state index is -3.50. The second-order valence-electron chi connectivity index (χ2n) is 8.33. The highest BCUT2D eigenvalue weighted by atomic mass is 32.2. The summed E-state index contributed by atoms with van der Waals surface area (Å²) in [6.45, 7) is 3.23. The Morgan fingerprint density at radius 2 is 1.39 bits per heavy atom. The number of sulfonamides is 1. The monoisotopic (exact) mass is 430 g/mol. The SMILES string of the molecule is Cc1ccccc1S(=O)(=O)N1[C@@H]2CNC[C@H]1C2c1ccc(/C=C/c2ccccc2)cc1. The van der Waals surface area contributed by atoms with E-state index in [0.717, 1.165) is 11.1 Å². The van der Waals surface area contributed by atoms with Crippen LogP contribution in [0.15, 0.2) is 83.8 Å². The van der Waals surface area contributed by atoms with Gasteiger partial charge in [0, 0.05) is 31.1 Å². The van der Waals surface area contributed by atoms with Gasteiger partial charge < -0.3 is 5.32 Å². The lowest BCUT2D eigenvalue weighted by molar-refractivity contribution is 0.0370. The van der Waals surface area contributed by atoms with Crippen molar-refractivity contribution in [1.29, 1.82) is 0 Å². The van der Waals surface area contributed by atoms with Gasteiger partial charge in [-0.15, -0.1) is 0 Å². The van der Waals surface area contributed by atoms with Crippen molar-refractivity contribution in [3.05, 3.63) is 101 Å². The lowest BCUT2D eigenvalue weighted by Crippen LogP contribution is -2.73. The zero-order valence-corrected chi connectivity index (χ0v) is 18.3. The molecule has 2 saturated heterocycles. The Labute approximate surface area is 184 Å². The minimum Gasteiger partial charge on any atom is -0.313 e. The summed E-state index contributed by atoms with van der Waals surface area (Å²) in [7, 11) is -3.50. The van der Waals surface area contributed by atoms with Crippen LogP contribution in [0.3, 0.4) is 0 Å². The number of rotatable bonds is 5. The van der Waals surface area contributed by atoms with Gasteiger partial charge in [-0.2, -0.15) is 4.31 Å². The Morgan fingerprint density at radius 3 is 2.03 bits per heavy atom. The fourth-order valence-corrected chi connectivity index (χ4v) is 6.95. The van der Waals surface area contributed by atoms with Crippen LogP contribution in [-0.2, 0) is 10.0 Å². The molecule has 1 N–H and O–H groups in total. The van der Waals surface area contributed by atoms with Crippen molar-refractivity contribution in [3.8, 4) is 0 Å². The Hall–Kier alpha value is -2.73. The average Bonchev–Trinajstić information content (AvgIpc) is 2.80. The van der Waals surface area contributed by atoms with Crippen LogP contribution >= 0.6 is 0 Å². The number of nitrogens with one attached hydrogen (secondary N) is 1. The maximum Gasteiger partial charge on any atom is 0.243 e. The van der Waals surface area contributed by atoms with Crippen LogP contribution in [-0.4, -0.2) is 37.9 Å². The van der Waals surface area contributed by atoms with Crippen molar-refractivity contribution in [2.45, 2.75) is 29.8 Å². The standard InChI is InChI=1S/C26H26N2O2S/c1-19-7-5-6-10-25(19)31(29,30)28-23-17-27-18-24(28)26(23)22-15-13-21(14-16-22)12-11-20-8-3-2-4-9-20/h2-16,23-24,26-27H,17-18H2,1H3/b12-11+/t23-,24+,26?. The van der Waals surface area contributed by atoms with Gasteiger partial charge in [0.15, 0.2) is 0 Å². The van der Waals surface area contributed by atoms with Crippen LogP contribution in [0.1, 0.15) is 28.2 Å². The van der Waals surface area contributed by atoms with E-state index in [1.165, 1.54) is 11.1 Å². The van der Waals surface area contributed by atoms with E-state index in [2.05, 4.69) is 53.9 Å². The number of fused-ring (bicyclic) bond motifs is 2. The first kappa shape index (κ1) is 20.2. The summed E-state index contributed by atoms with van der Waals surface area (Å²) in [5.41, 5.74) is 4.32. The van der Waals surface area contributed by atoms with Crippen molar-refractivity contribution >= 4 is 22.2 Å². The topological polar surface area (TPSA) is 49.4 Å². The maximum atomic E-state index is 13.4. The first-order chi connectivity index (χ1) is 15.1. The predicted molar refractivity (Wildman–Crippen MR) is 125 cm³/mol. The van der Waals surface area contributed by atoms with E-state index in [9.17, 15) is 8.42 Å². The molecule has 2 aliphatic heterocycles. The van der Waals surface area contributed by atoms with E-state index in [0.29, 0.717) is 18.0 Å². The number of nitrogens with zero attached hydrogens (tertiary/aromatic N) is 1. The number of piperidine rings is 1. The third kappa shape index (κ3) is 3.63. The summed E-state index contributed by atoms with van der Waals surface area (Å²) in [4.78, 5) is 0.423. The molecule has 0 spiro atoms. The largest absolute Gasteiger partial charge is 0.313 e. The number of hydrogen-bond acceptors (Lipinski definition) is 3. The first-order valence-corrected chi connectivity index (χ1v) is 12.1. The van der Waals surface area contributed by atoms with E-state index in [1.54, 1.807) is 16.4 Å². The van der Waals surface area contributed by atoms with Gasteiger partial charge in [-0.05, 0) is 35.2 Å². The highest BCUT2D eigenvalue weighted by Gasteiger charge is 2.56. The molecule has 2 aliphatic rings. The number of aryl methyl sites for hydroxylation is 1. The van der Waals surface area contributed by atoms with Gasteiger partial charge >= 0.3 is 0 Å². The van der Waals surface area contributed by atoms with Crippen molar-refractivity contribution in [2.24, 2.45) is 0 Å². The van der Waals surface area contributed by atoms with Gasteiger partial charge in [-0.3, -0.25) is 0 Å². The molecule has 5 rings (SSSR count). The van der Waals surface area contributed by atoms with Crippen molar-refractivity contribution in [2.75, 3.05) is 13.1 Å². The lowest BCUT2D eigenvalue weighted by atomic mass is 9.75. The molecule has 5 heteroatoms. The normalized spacial score (nSPS) is 23.6. The summed E-state index contributed by atoms with van der Waals surface area (Å²) in [6.07, 6.45) is 4.21. The molecule has 1 unspecified atom stereocenters. The Kier molecular flexibility index (Phi) is 5.26. The van der Waals surface area contributed by atoms with E-state index < -0.39 is 10.0 Å². The molecule has 31 heavy (non-hydrogen) atoms. The number of piperazine rings is 1. The quantitative estimate of drug-likeness (QED) is 0.614. The summed E-state index contributed by atoms with van der Waals surface area (Å²) in [6, 6.07) is 25.9. The van der Waals surface area contributed by atoms with E-state index >= 15 is 0 Å². The number of hydrogen-bond donors (Lipinski definition) is 1. The molecule has 0 radical (unpaired) electrons. The second kappa shape index (κ2) is 8.08. The van der Waals surface area contributed by atoms with Crippen molar-refractivity contribution in [3.63, 3.8) is 0 Å². The molecular weight excluding hydrogens is 404 g/mol. The molecule has 4 nitrogen and oxygen atoms in total. The lowest BCUT2D eigenvalue weighted by Gasteiger charge is -2.58. The highest BCUT2D eigenvalue weighted by molar-refractivity contribution is 7.89. The second-order valence-corrected chi connectivity index (χ2v) is 10.1. The summed E-state index contributed by atoms with van der Waals surface area (Å²) in [5.74, 6) is 0.229. The third-order valence-corrected chi connectivity index (χ3v) is 8.54. The van der Waals surface area contributed by atoms with Gasteiger partial charge in [0.05, 0.1) is 4.90 Å². The van der Waals surface area contributed by atoms with Crippen molar-refractivity contribution < 1.29 is 8.42 Å². The Balaban J connectivity index is 1.37. The van der Waals surface area contributed by atoms with Crippen molar-refractivity contribution in [1.82, 2.24) is 9.62 Å². The molecule has 0 saturated carbocycles. The molecule has 0 aliphatic carbocycles. The van der Waals surface area contributed by atoms with Crippen LogP contribution in [0.5, 0.6) is 0 Å². The van der Waals surface area contributed by atoms with E-state index in [1.807, 2.05) is 37.3 Å². The zero-order chi connectivity index (χ0) is 21.4. The molecule has 2 fully saturated rings. The van der Waals surface area contributed by atoms with Gasteiger partial charge in [0.2, 0.25) is 10.0 Å². The molecule has 0 amide bonds. The van der Waals surface area contributed by atoms with Gasteiger partial charge in [-0.25, -0.2) is 8.42 Å². The number of benzene rings is 3. The average molecular weight is 431 g/mol. The van der Waals surface area contributed by atoms with E-state index in [4.69, 9.17) is 0 Å².